The Morgan fingerprint density at radius 2 is 2.07 bits per heavy atom. The summed E-state index contributed by atoms with van der Waals surface area (Å²) in [6, 6.07) is -0.140. The number of hydrogen-bond acceptors (Lipinski definition) is 2. The number of rotatable bonds is 6. The molecule has 0 aliphatic carbocycles. The summed E-state index contributed by atoms with van der Waals surface area (Å²) >= 11 is 4.83. The summed E-state index contributed by atoms with van der Waals surface area (Å²) in [4.78, 5) is 13.6. The third-order valence-corrected chi connectivity index (χ3v) is 2.72. The van der Waals surface area contributed by atoms with Crippen molar-refractivity contribution in [3.8, 4) is 0 Å². The van der Waals surface area contributed by atoms with E-state index < -0.39 is 0 Å². The van der Waals surface area contributed by atoms with Crippen LogP contribution >= 0.6 is 12.2 Å². The first kappa shape index (κ1) is 13.4. The summed E-state index contributed by atoms with van der Waals surface area (Å²) in [6.45, 7) is 3.96. The molecule has 0 bridgehead atoms. The molecule has 1 unspecified atom stereocenters. The SMILES string of the molecule is CCCCCC(=O)N(C)C(C)C(N)=S. The van der Waals surface area contributed by atoms with Gasteiger partial charge in [0, 0.05) is 13.5 Å². The average molecular weight is 216 g/mol. The number of nitrogens with two attached hydrogens (primary N) is 1. The highest BCUT2D eigenvalue weighted by Crippen LogP contribution is 2.04. The molecule has 0 aliphatic heterocycles. The predicted molar refractivity (Wildman–Crippen MR) is 63.2 cm³/mol. The molecule has 0 aromatic rings. The maximum Gasteiger partial charge on any atom is 0.222 e. The van der Waals surface area contributed by atoms with Gasteiger partial charge in [0.25, 0.3) is 0 Å². The van der Waals surface area contributed by atoms with E-state index >= 15 is 0 Å². The molecule has 0 aromatic carbocycles. The van der Waals surface area contributed by atoms with E-state index in [0.29, 0.717) is 11.4 Å². The first-order valence-electron chi connectivity index (χ1n) is 5.05. The minimum atomic E-state index is -0.140. The first-order chi connectivity index (χ1) is 6.50. The van der Waals surface area contributed by atoms with Crippen molar-refractivity contribution in [1.82, 2.24) is 4.90 Å². The largest absolute Gasteiger partial charge is 0.392 e. The Hall–Kier alpha value is -0.640. The summed E-state index contributed by atoms with van der Waals surface area (Å²) < 4.78 is 0. The van der Waals surface area contributed by atoms with E-state index in [1.54, 1.807) is 11.9 Å². The van der Waals surface area contributed by atoms with E-state index in [1.807, 2.05) is 6.92 Å². The predicted octanol–water partition coefficient (Wildman–Crippen LogP) is 1.70. The van der Waals surface area contributed by atoms with Crippen LogP contribution in [-0.4, -0.2) is 28.9 Å². The lowest BCUT2D eigenvalue weighted by Crippen LogP contribution is -2.42. The second-order valence-corrected chi connectivity index (χ2v) is 4.01. The van der Waals surface area contributed by atoms with Gasteiger partial charge in [0.05, 0.1) is 11.0 Å². The lowest BCUT2D eigenvalue weighted by atomic mass is 10.2. The minimum Gasteiger partial charge on any atom is -0.392 e. The van der Waals surface area contributed by atoms with Crippen molar-refractivity contribution in [3.63, 3.8) is 0 Å². The van der Waals surface area contributed by atoms with Gasteiger partial charge in [-0.15, -0.1) is 0 Å². The fourth-order valence-corrected chi connectivity index (χ4v) is 1.27. The zero-order chi connectivity index (χ0) is 11.1. The lowest BCUT2D eigenvalue weighted by Gasteiger charge is -2.23. The summed E-state index contributed by atoms with van der Waals surface area (Å²) in [5.41, 5.74) is 5.47. The molecule has 0 saturated heterocycles. The highest BCUT2D eigenvalue weighted by molar-refractivity contribution is 7.80. The fourth-order valence-electron chi connectivity index (χ4n) is 1.11. The molecule has 4 heteroatoms. The normalized spacial score (nSPS) is 12.2. The fraction of sp³-hybridized carbons (Fsp3) is 0.800. The molecular weight excluding hydrogens is 196 g/mol. The monoisotopic (exact) mass is 216 g/mol. The topological polar surface area (TPSA) is 46.3 Å². The summed E-state index contributed by atoms with van der Waals surface area (Å²) in [5, 5.41) is 0. The Bertz CT molecular complexity index is 206. The summed E-state index contributed by atoms with van der Waals surface area (Å²) in [6.07, 6.45) is 3.77. The molecule has 82 valence electrons. The number of carbonyl (C=O) groups is 1. The Balaban J connectivity index is 3.92. The Morgan fingerprint density at radius 3 is 2.50 bits per heavy atom. The number of hydrogen-bond donors (Lipinski definition) is 1. The zero-order valence-electron chi connectivity index (χ0n) is 9.25. The van der Waals surface area contributed by atoms with Crippen molar-refractivity contribution in [2.75, 3.05) is 7.05 Å². The van der Waals surface area contributed by atoms with Crippen molar-refractivity contribution in [1.29, 1.82) is 0 Å². The minimum absolute atomic E-state index is 0.124. The van der Waals surface area contributed by atoms with E-state index in [4.69, 9.17) is 18.0 Å². The maximum absolute atomic E-state index is 11.6. The zero-order valence-corrected chi connectivity index (χ0v) is 10.1. The van der Waals surface area contributed by atoms with E-state index in [1.165, 1.54) is 0 Å². The molecule has 0 radical (unpaired) electrons. The number of nitrogens with zero attached hydrogens (tertiary/aromatic N) is 1. The van der Waals surface area contributed by atoms with Gasteiger partial charge in [-0.25, -0.2) is 0 Å². The molecule has 0 fully saturated rings. The van der Waals surface area contributed by atoms with Crippen LogP contribution in [0.1, 0.15) is 39.5 Å². The smallest absolute Gasteiger partial charge is 0.222 e. The van der Waals surface area contributed by atoms with Gasteiger partial charge in [-0.05, 0) is 13.3 Å². The third kappa shape index (κ3) is 4.56. The van der Waals surface area contributed by atoms with Gasteiger partial charge in [0.15, 0.2) is 0 Å². The maximum atomic E-state index is 11.6. The number of amides is 1. The molecule has 0 spiro atoms. The molecule has 14 heavy (non-hydrogen) atoms. The van der Waals surface area contributed by atoms with Gasteiger partial charge in [-0.3, -0.25) is 4.79 Å². The van der Waals surface area contributed by atoms with Crippen LogP contribution in [0.2, 0.25) is 0 Å². The number of unbranched alkanes of at least 4 members (excludes halogenated alkanes) is 2. The molecule has 0 aliphatic rings. The molecule has 0 rings (SSSR count). The third-order valence-electron chi connectivity index (χ3n) is 2.38. The summed E-state index contributed by atoms with van der Waals surface area (Å²) in [7, 11) is 1.75. The van der Waals surface area contributed by atoms with Crippen molar-refractivity contribution >= 4 is 23.1 Å². The molecule has 1 atom stereocenters. The van der Waals surface area contributed by atoms with Crippen LogP contribution < -0.4 is 5.73 Å². The van der Waals surface area contributed by atoms with Crippen molar-refractivity contribution in [3.05, 3.63) is 0 Å². The molecule has 0 heterocycles. The lowest BCUT2D eigenvalue weighted by molar-refractivity contribution is -0.130. The molecule has 1 amide bonds. The molecule has 0 saturated carbocycles. The van der Waals surface area contributed by atoms with Crippen LogP contribution in [-0.2, 0) is 4.79 Å². The van der Waals surface area contributed by atoms with Crippen LogP contribution in [0.5, 0.6) is 0 Å². The van der Waals surface area contributed by atoms with E-state index in [0.717, 1.165) is 19.3 Å². The van der Waals surface area contributed by atoms with Crippen LogP contribution in [0.15, 0.2) is 0 Å². The molecular formula is C10H20N2OS. The number of likely N-dealkylation sites (N-methyl/N-ethyl adjacent to an activating group) is 1. The number of thiocarbonyl (C=S) groups is 1. The highest BCUT2D eigenvalue weighted by atomic mass is 32.1. The van der Waals surface area contributed by atoms with Gasteiger partial charge in [-0.2, -0.15) is 0 Å². The number of carbonyl (C=O) groups excluding carboxylic acids is 1. The van der Waals surface area contributed by atoms with Crippen LogP contribution in [0, 0.1) is 0 Å². The van der Waals surface area contributed by atoms with Gasteiger partial charge < -0.3 is 10.6 Å². The van der Waals surface area contributed by atoms with Gasteiger partial charge in [0.1, 0.15) is 0 Å². The van der Waals surface area contributed by atoms with Gasteiger partial charge >= 0.3 is 0 Å². The quantitative estimate of drug-likeness (QED) is 0.543. The van der Waals surface area contributed by atoms with Crippen LogP contribution in [0.3, 0.4) is 0 Å². The van der Waals surface area contributed by atoms with E-state index in [-0.39, 0.29) is 11.9 Å². The Kier molecular flexibility index (Phi) is 6.45. The second kappa shape index (κ2) is 6.76. The van der Waals surface area contributed by atoms with E-state index in [2.05, 4.69) is 6.92 Å². The standard InChI is InChI=1S/C10H20N2OS/c1-4-5-6-7-9(13)12(3)8(2)10(11)14/h8H,4-7H2,1-3H3,(H2,11,14). The Labute approximate surface area is 91.6 Å². The van der Waals surface area contributed by atoms with Gasteiger partial charge in [0.2, 0.25) is 5.91 Å². The van der Waals surface area contributed by atoms with Crippen molar-refractivity contribution < 1.29 is 4.79 Å². The van der Waals surface area contributed by atoms with Crippen molar-refractivity contribution in [2.45, 2.75) is 45.6 Å². The van der Waals surface area contributed by atoms with Gasteiger partial charge in [-0.1, -0.05) is 32.0 Å². The molecule has 0 aromatic heterocycles. The van der Waals surface area contributed by atoms with E-state index in [9.17, 15) is 4.79 Å². The second-order valence-electron chi connectivity index (χ2n) is 3.54. The highest BCUT2D eigenvalue weighted by Gasteiger charge is 2.16. The van der Waals surface area contributed by atoms with Crippen LogP contribution in [0.25, 0.3) is 0 Å². The van der Waals surface area contributed by atoms with Crippen molar-refractivity contribution in [2.24, 2.45) is 5.73 Å². The summed E-state index contributed by atoms with van der Waals surface area (Å²) in [5.74, 6) is 0.124. The molecule has 2 N–H and O–H groups in total. The first-order valence-corrected chi connectivity index (χ1v) is 5.46. The average Bonchev–Trinajstić information content (AvgIpc) is 2.15. The molecule has 3 nitrogen and oxygen atoms in total. The Morgan fingerprint density at radius 1 is 1.50 bits per heavy atom. The van der Waals surface area contributed by atoms with Crippen LogP contribution in [0.4, 0.5) is 0 Å².